The van der Waals surface area contributed by atoms with Crippen molar-refractivity contribution < 1.29 is 27.5 Å². The SMILES string of the molecule is CCN1C(=O)COc2ccc(NC(=O)c3ccc(S(=O)(=O)N4CCOCC4)cc3)cc21. The van der Waals surface area contributed by atoms with Crippen LogP contribution >= 0.6 is 0 Å². The zero-order chi connectivity index (χ0) is 22.0. The van der Waals surface area contributed by atoms with Gasteiger partial charge in [-0.1, -0.05) is 0 Å². The van der Waals surface area contributed by atoms with E-state index >= 15 is 0 Å². The fourth-order valence-corrected chi connectivity index (χ4v) is 4.95. The van der Waals surface area contributed by atoms with Gasteiger partial charge in [-0.3, -0.25) is 9.59 Å². The number of sulfonamides is 1. The number of hydrogen-bond acceptors (Lipinski definition) is 6. The maximum atomic E-state index is 12.7. The van der Waals surface area contributed by atoms with Crippen molar-refractivity contribution in [3.8, 4) is 5.75 Å². The molecule has 0 aromatic heterocycles. The molecule has 1 fully saturated rings. The van der Waals surface area contributed by atoms with Gasteiger partial charge in [-0.25, -0.2) is 8.42 Å². The molecule has 2 aliphatic heterocycles. The Hall–Kier alpha value is -2.95. The van der Waals surface area contributed by atoms with Crippen molar-refractivity contribution in [3.63, 3.8) is 0 Å². The summed E-state index contributed by atoms with van der Waals surface area (Å²) in [5.41, 5.74) is 1.42. The number of fused-ring (bicyclic) bond motifs is 1. The number of morpholine rings is 1. The molecule has 0 atom stereocenters. The van der Waals surface area contributed by atoms with Crippen LogP contribution in [0, 0.1) is 0 Å². The largest absolute Gasteiger partial charge is 0.482 e. The third kappa shape index (κ3) is 4.27. The van der Waals surface area contributed by atoms with E-state index in [1.165, 1.54) is 28.6 Å². The van der Waals surface area contributed by atoms with Gasteiger partial charge in [-0.15, -0.1) is 0 Å². The topological polar surface area (TPSA) is 105 Å². The standard InChI is InChI=1S/C21H23N3O6S/c1-2-24-18-13-16(5-8-19(18)30-14-20(24)25)22-21(26)15-3-6-17(7-4-15)31(27,28)23-9-11-29-12-10-23/h3-8,13H,2,9-12,14H2,1H3,(H,22,26). The second-order valence-corrected chi connectivity index (χ2v) is 9.04. The van der Waals surface area contributed by atoms with Crippen molar-refractivity contribution in [2.75, 3.05) is 49.7 Å². The van der Waals surface area contributed by atoms with E-state index in [1.54, 1.807) is 23.1 Å². The zero-order valence-electron chi connectivity index (χ0n) is 17.0. The monoisotopic (exact) mass is 445 g/mol. The lowest BCUT2D eigenvalue weighted by Crippen LogP contribution is -2.40. The molecule has 0 unspecified atom stereocenters. The van der Waals surface area contributed by atoms with Crippen LogP contribution in [-0.4, -0.2) is 64.0 Å². The summed E-state index contributed by atoms with van der Waals surface area (Å²) in [7, 11) is -3.62. The third-order valence-electron chi connectivity index (χ3n) is 5.20. The first-order valence-corrected chi connectivity index (χ1v) is 11.4. The molecule has 0 spiro atoms. The normalized spacial score (nSPS) is 17.1. The molecule has 4 rings (SSSR count). The summed E-state index contributed by atoms with van der Waals surface area (Å²) in [6, 6.07) is 10.9. The fraction of sp³-hybridized carbons (Fsp3) is 0.333. The van der Waals surface area contributed by atoms with Gasteiger partial charge in [0.2, 0.25) is 10.0 Å². The number of amides is 2. The van der Waals surface area contributed by atoms with Crippen LogP contribution < -0.4 is 15.0 Å². The lowest BCUT2D eigenvalue weighted by Gasteiger charge is -2.28. The predicted molar refractivity (Wildman–Crippen MR) is 114 cm³/mol. The number of hydrogen-bond donors (Lipinski definition) is 1. The molecule has 0 aliphatic carbocycles. The number of carbonyl (C=O) groups excluding carboxylic acids is 2. The summed E-state index contributed by atoms with van der Waals surface area (Å²) in [6.45, 7) is 3.70. The van der Waals surface area contributed by atoms with Crippen LogP contribution in [0.1, 0.15) is 17.3 Å². The van der Waals surface area contributed by atoms with Gasteiger partial charge in [0.15, 0.2) is 6.61 Å². The maximum absolute atomic E-state index is 12.7. The average molecular weight is 445 g/mol. The Morgan fingerprint density at radius 2 is 1.81 bits per heavy atom. The lowest BCUT2D eigenvalue weighted by molar-refractivity contribution is -0.121. The fourth-order valence-electron chi connectivity index (χ4n) is 3.54. The molecule has 2 aromatic rings. The minimum absolute atomic E-state index is 0.00768. The van der Waals surface area contributed by atoms with Crippen LogP contribution in [0.2, 0.25) is 0 Å². The van der Waals surface area contributed by atoms with Crippen LogP contribution in [0.5, 0.6) is 5.75 Å². The maximum Gasteiger partial charge on any atom is 0.265 e. The molecular weight excluding hydrogens is 422 g/mol. The smallest absolute Gasteiger partial charge is 0.265 e. The quantitative estimate of drug-likeness (QED) is 0.751. The third-order valence-corrected chi connectivity index (χ3v) is 7.11. The molecule has 2 aromatic carbocycles. The Bertz CT molecular complexity index is 1090. The lowest BCUT2D eigenvalue weighted by atomic mass is 10.2. The van der Waals surface area contributed by atoms with Crippen molar-refractivity contribution in [3.05, 3.63) is 48.0 Å². The van der Waals surface area contributed by atoms with Crippen LogP contribution in [-0.2, 0) is 19.6 Å². The van der Waals surface area contributed by atoms with E-state index in [0.29, 0.717) is 55.5 Å². The van der Waals surface area contributed by atoms with Gasteiger partial charge in [-0.2, -0.15) is 4.31 Å². The Balaban J connectivity index is 1.49. The Kier molecular flexibility index (Phi) is 5.94. The molecule has 1 N–H and O–H groups in total. The minimum Gasteiger partial charge on any atom is -0.482 e. The van der Waals surface area contributed by atoms with Gasteiger partial charge in [-0.05, 0) is 49.4 Å². The van der Waals surface area contributed by atoms with Gasteiger partial charge in [0.25, 0.3) is 11.8 Å². The molecule has 0 bridgehead atoms. The van der Waals surface area contributed by atoms with Crippen molar-refractivity contribution in [2.24, 2.45) is 0 Å². The van der Waals surface area contributed by atoms with E-state index in [4.69, 9.17) is 9.47 Å². The Labute approximate surface area is 180 Å². The molecule has 1 saturated heterocycles. The van der Waals surface area contributed by atoms with Crippen LogP contribution in [0.3, 0.4) is 0 Å². The highest BCUT2D eigenvalue weighted by molar-refractivity contribution is 7.89. The highest BCUT2D eigenvalue weighted by Crippen LogP contribution is 2.34. The number of likely N-dealkylation sites (N-methyl/N-ethyl adjacent to an activating group) is 1. The average Bonchev–Trinajstić information content (AvgIpc) is 2.79. The summed E-state index contributed by atoms with van der Waals surface area (Å²) < 4.78 is 37.4. The van der Waals surface area contributed by atoms with Gasteiger partial charge in [0.1, 0.15) is 5.75 Å². The predicted octanol–water partition coefficient (Wildman–Crippen LogP) is 1.71. The number of anilines is 2. The number of carbonyl (C=O) groups is 2. The molecule has 164 valence electrons. The van der Waals surface area contributed by atoms with E-state index in [9.17, 15) is 18.0 Å². The van der Waals surface area contributed by atoms with E-state index < -0.39 is 10.0 Å². The summed E-state index contributed by atoms with van der Waals surface area (Å²) >= 11 is 0. The summed E-state index contributed by atoms with van der Waals surface area (Å²) in [5.74, 6) is 0.0500. The van der Waals surface area contributed by atoms with Crippen LogP contribution in [0.15, 0.2) is 47.4 Å². The molecule has 10 heteroatoms. The van der Waals surface area contributed by atoms with Gasteiger partial charge in [0, 0.05) is 30.9 Å². The van der Waals surface area contributed by atoms with Gasteiger partial charge >= 0.3 is 0 Å². The number of ether oxygens (including phenoxy) is 2. The molecule has 0 saturated carbocycles. The Morgan fingerprint density at radius 3 is 2.48 bits per heavy atom. The highest BCUT2D eigenvalue weighted by atomic mass is 32.2. The number of rotatable bonds is 5. The van der Waals surface area contributed by atoms with E-state index in [-0.39, 0.29) is 23.3 Å². The molecule has 2 aliphatic rings. The van der Waals surface area contributed by atoms with E-state index in [0.717, 1.165) is 0 Å². The molecule has 2 heterocycles. The van der Waals surface area contributed by atoms with Crippen molar-refractivity contribution in [1.82, 2.24) is 4.31 Å². The van der Waals surface area contributed by atoms with Gasteiger partial charge < -0.3 is 19.7 Å². The molecule has 31 heavy (non-hydrogen) atoms. The first-order chi connectivity index (χ1) is 14.9. The molecular formula is C21H23N3O6S. The van der Waals surface area contributed by atoms with Crippen LogP contribution in [0.4, 0.5) is 11.4 Å². The zero-order valence-corrected chi connectivity index (χ0v) is 17.9. The van der Waals surface area contributed by atoms with Gasteiger partial charge in [0.05, 0.1) is 23.8 Å². The van der Waals surface area contributed by atoms with E-state index in [2.05, 4.69) is 5.32 Å². The number of nitrogens with zero attached hydrogens (tertiary/aromatic N) is 2. The molecule has 0 radical (unpaired) electrons. The van der Waals surface area contributed by atoms with Crippen molar-refractivity contribution in [1.29, 1.82) is 0 Å². The minimum atomic E-state index is -3.62. The summed E-state index contributed by atoms with van der Waals surface area (Å²) in [6.07, 6.45) is 0. The number of nitrogens with one attached hydrogen (secondary N) is 1. The Morgan fingerprint density at radius 1 is 1.10 bits per heavy atom. The summed E-state index contributed by atoms with van der Waals surface area (Å²) in [5, 5.41) is 2.78. The second kappa shape index (κ2) is 8.66. The summed E-state index contributed by atoms with van der Waals surface area (Å²) in [4.78, 5) is 26.4. The first-order valence-electron chi connectivity index (χ1n) is 9.96. The molecule has 9 nitrogen and oxygen atoms in total. The molecule has 2 amide bonds. The first kappa shape index (κ1) is 21.3. The van der Waals surface area contributed by atoms with E-state index in [1.807, 2.05) is 6.92 Å². The van der Waals surface area contributed by atoms with Crippen molar-refractivity contribution in [2.45, 2.75) is 11.8 Å². The van der Waals surface area contributed by atoms with Crippen LogP contribution in [0.25, 0.3) is 0 Å². The van der Waals surface area contributed by atoms with Crippen molar-refractivity contribution >= 4 is 33.2 Å². The number of benzene rings is 2. The second-order valence-electron chi connectivity index (χ2n) is 7.10. The highest BCUT2D eigenvalue weighted by Gasteiger charge is 2.27.